The van der Waals surface area contributed by atoms with Crippen molar-refractivity contribution >= 4 is 17.5 Å². The number of hydrogen-bond donors (Lipinski definition) is 1. The number of nitrogens with zero attached hydrogens (tertiary/aromatic N) is 1. The second kappa shape index (κ2) is 9.61. The molecular weight excluding hydrogens is 276 g/mol. The summed E-state index contributed by atoms with van der Waals surface area (Å²) in [6.45, 7) is 8.09. The first-order valence-electron chi connectivity index (χ1n) is 7.03. The lowest BCUT2D eigenvalue weighted by Crippen LogP contribution is -2.32. The first-order chi connectivity index (χ1) is 9.65. The molecule has 0 atom stereocenters. The van der Waals surface area contributed by atoms with Gasteiger partial charge in [-0.1, -0.05) is 25.4 Å². The number of amides is 1. The maximum atomic E-state index is 11.6. The van der Waals surface area contributed by atoms with Crippen LogP contribution in [0.2, 0.25) is 5.02 Å². The molecule has 0 saturated heterocycles. The highest BCUT2D eigenvalue weighted by atomic mass is 35.5. The number of benzene rings is 1. The maximum absolute atomic E-state index is 11.6. The highest BCUT2D eigenvalue weighted by molar-refractivity contribution is 6.30. The monoisotopic (exact) mass is 298 g/mol. The zero-order valence-corrected chi connectivity index (χ0v) is 12.9. The molecule has 1 aromatic rings. The van der Waals surface area contributed by atoms with Crippen molar-refractivity contribution in [1.29, 1.82) is 0 Å². The summed E-state index contributed by atoms with van der Waals surface area (Å²) in [6, 6.07) is 6.96. The van der Waals surface area contributed by atoms with Crippen LogP contribution in [0.15, 0.2) is 24.3 Å². The van der Waals surface area contributed by atoms with Crippen LogP contribution >= 0.6 is 11.6 Å². The first kappa shape index (κ1) is 16.8. The van der Waals surface area contributed by atoms with E-state index in [0.29, 0.717) is 17.3 Å². The summed E-state index contributed by atoms with van der Waals surface area (Å²) in [5.41, 5.74) is 0. The van der Waals surface area contributed by atoms with Crippen molar-refractivity contribution in [3.63, 3.8) is 0 Å². The van der Waals surface area contributed by atoms with Crippen LogP contribution in [0, 0.1) is 0 Å². The first-order valence-corrected chi connectivity index (χ1v) is 7.41. The lowest BCUT2D eigenvalue weighted by Gasteiger charge is -2.17. The molecule has 5 heteroatoms. The molecule has 0 aliphatic heterocycles. The van der Waals surface area contributed by atoms with E-state index in [1.807, 2.05) is 0 Å². The molecule has 4 nitrogen and oxygen atoms in total. The minimum Gasteiger partial charge on any atom is -0.484 e. The van der Waals surface area contributed by atoms with Crippen LogP contribution in [0.3, 0.4) is 0 Å². The van der Waals surface area contributed by atoms with Crippen molar-refractivity contribution in [2.45, 2.75) is 20.3 Å². The van der Waals surface area contributed by atoms with Gasteiger partial charge in [0.1, 0.15) is 5.75 Å². The molecule has 1 N–H and O–H groups in total. The molecule has 0 spiro atoms. The average molecular weight is 299 g/mol. The van der Waals surface area contributed by atoms with Crippen molar-refractivity contribution in [3.05, 3.63) is 29.3 Å². The summed E-state index contributed by atoms with van der Waals surface area (Å²) in [5, 5.41) is 3.50. The molecule has 1 rings (SSSR count). The van der Waals surface area contributed by atoms with Crippen molar-refractivity contribution in [1.82, 2.24) is 10.2 Å². The summed E-state index contributed by atoms with van der Waals surface area (Å²) in [7, 11) is 0. The lowest BCUT2D eigenvalue weighted by molar-refractivity contribution is -0.123. The van der Waals surface area contributed by atoms with E-state index >= 15 is 0 Å². The highest BCUT2D eigenvalue weighted by Crippen LogP contribution is 2.15. The van der Waals surface area contributed by atoms with E-state index in [9.17, 15) is 4.79 Å². The molecule has 0 unspecified atom stereocenters. The number of carbonyl (C=O) groups excluding carboxylic acids is 1. The molecule has 0 aromatic heterocycles. The van der Waals surface area contributed by atoms with Gasteiger partial charge in [0.05, 0.1) is 0 Å². The van der Waals surface area contributed by atoms with Crippen LogP contribution in [-0.2, 0) is 4.79 Å². The fourth-order valence-electron chi connectivity index (χ4n) is 1.80. The van der Waals surface area contributed by atoms with E-state index in [1.165, 1.54) is 0 Å². The predicted octanol–water partition coefficient (Wildman–Crippen LogP) is 2.57. The zero-order valence-electron chi connectivity index (χ0n) is 12.2. The van der Waals surface area contributed by atoms with Crippen LogP contribution in [0.25, 0.3) is 0 Å². The standard InChI is InChI=1S/C15H23ClN2O2/c1-3-18(4-2)11-5-10-17-15(19)12-20-14-8-6-13(16)7-9-14/h6-9H,3-5,10-12H2,1-2H3,(H,17,19). The molecule has 1 amide bonds. The third-order valence-electron chi connectivity index (χ3n) is 3.05. The number of halogens is 1. The third-order valence-corrected chi connectivity index (χ3v) is 3.30. The number of ether oxygens (including phenoxy) is 1. The summed E-state index contributed by atoms with van der Waals surface area (Å²) < 4.78 is 5.36. The molecule has 1 aromatic carbocycles. The largest absolute Gasteiger partial charge is 0.484 e. The second-order valence-electron chi connectivity index (χ2n) is 4.47. The summed E-state index contributed by atoms with van der Waals surface area (Å²) in [5.74, 6) is 0.548. The fourth-order valence-corrected chi connectivity index (χ4v) is 1.93. The summed E-state index contributed by atoms with van der Waals surface area (Å²) in [4.78, 5) is 13.9. The van der Waals surface area contributed by atoms with E-state index in [2.05, 4.69) is 24.1 Å². The number of hydrogen-bond acceptors (Lipinski definition) is 3. The Kier molecular flexibility index (Phi) is 8.07. The molecule has 112 valence electrons. The molecule has 0 radical (unpaired) electrons. The SMILES string of the molecule is CCN(CC)CCCNC(=O)COc1ccc(Cl)cc1. The van der Waals surface area contributed by atoms with Gasteiger partial charge in [0.25, 0.3) is 5.91 Å². The van der Waals surface area contributed by atoms with E-state index in [0.717, 1.165) is 26.1 Å². The number of carbonyl (C=O) groups is 1. The molecule has 0 heterocycles. The Hall–Kier alpha value is -1.26. The number of nitrogens with one attached hydrogen (secondary N) is 1. The third kappa shape index (κ3) is 6.78. The van der Waals surface area contributed by atoms with Gasteiger partial charge in [-0.05, 0) is 50.3 Å². The van der Waals surface area contributed by atoms with Gasteiger partial charge in [-0.15, -0.1) is 0 Å². The van der Waals surface area contributed by atoms with Crippen molar-refractivity contribution in [2.75, 3.05) is 32.8 Å². The molecule has 0 saturated carbocycles. The van der Waals surface area contributed by atoms with Crippen LogP contribution in [0.1, 0.15) is 20.3 Å². The van der Waals surface area contributed by atoms with Gasteiger partial charge in [-0.25, -0.2) is 0 Å². The van der Waals surface area contributed by atoms with Crippen molar-refractivity contribution in [3.8, 4) is 5.75 Å². The molecule has 20 heavy (non-hydrogen) atoms. The Morgan fingerprint density at radius 1 is 1.25 bits per heavy atom. The predicted molar refractivity (Wildman–Crippen MR) is 82.4 cm³/mol. The second-order valence-corrected chi connectivity index (χ2v) is 4.91. The lowest BCUT2D eigenvalue weighted by atomic mass is 10.3. The Bertz CT molecular complexity index is 391. The van der Waals surface area contributed by atoms with Crippen LogP contribution in [0.4, 0.5) is 0 Å². The normalized spacial score (nSPS) is 10.6. The maximum Gasteiger partial charge on any atom is 0.257 e. The minimum atomic E-state index is -0.0977. The smallest absolute Gasteiger partial charge is 0.257 e. The zero-order chi connectivity index (χ0) is 14.8. The summed E-state index contributed by atoms with van der Waals surface area (Å²) >= 11 is 5.77. The van der Waals surface area contributed by atoms with Crippen LogP contribution < -0.4 is 10.1 Å². The number of rotatable bonds is 9. The molecule has 0 fully saturated rings. The van der Waals surface area contributed by atoms with Gasteiger partial charge < -0.3 is 15.0 Å². The fraction of sp³-hybridized carbons (Fsp3) is 0.533. The average Bonchev–Trinajstić information content (AvgIpc) is 2.47. The molecule has 0 aliphatic carbocycles. The van der Waals surface area contributed by atoms with E-state index < -0.39 is 0 Å². The van der Waals surface area contributed by atoms with E-state index in [-0.39, 0.29) is 12.5 Å². The van der Waals surface area contributed by atoms with Gasteiger partial charge in [0.2, 0.25) is 0 Å². The van der Waals surface area contributed by atoms with Gasteiger partial charge >= 0.3 is 0 Å². The van der Waals surface area contributed by atoms with Gasteiger partial charge in [0, 0.05) is 11.6 Å². The van der Waals surface area contributed by atoms with Gasteiger partial charge in [0.15, 0.2) is 6.61 Å². The van der Waals surface area contributed by atoms with Gasteiger partial charge in [-0.3, -0.25) is 4.79 Å². The molecule has 0 bridgehead atoms. The Morgan fingerprint density at radius 2 is 1.90 bits per heavy atom. The molecule has 0 aliphatic rings. The quantitative estimate of drug-likeness (QED) is 0.713. The Morgan fingerprint density at radius 3 is 2.50 bits per heavy atom. The van der Waals surface area contributed by atoms with Crippen LogP contribution in [-0.4, -0.2) is 43.6 Å². The van der Waals surface area contributed by atoms with Crippen molar-refractivity contribution in [2.24, 2.45) is 0 Å². The van der Waals surface area contributed by atoms with E-state index in [4.69, 9.17) is 16.3 Å². The van der Waals surface area contributed by atoms with Crippen LogP contribution in [0.5, 0.6) is 5.75 Å². The Labute approximate surface area is 126 Å². The van der Waals surface area contributed by atoms with Crippen molar-refractivity contribution < 1.29 is 9.53 Å². The topological polar surface area (TPSA) is 41.6 Å². The van der Waals surface area contributed by atoms with E-state index in [1.54, 1.807) is 24.3 Å². The van der Waals surface area contributed by atoms with Gasteiger partial charge in [-0.2, -0.15) is 0 Å². The summed E-state index contributed by atoms with van der Waals surface area (Å²) in [6.07, 6.45) is 0.953. The minimum absolute atomic E-state index is 0.0346. The highest BCUT2D eigenvalue weighted by Gasteiger charge is 2.03. The molecular formula is C15H23ClN2O2. The Balaban J connectivity index is 2.13.